The Labute approximate surface area is 124 Å². The molecule has 0 amide bonds. The molecule has 0 aliphatic carbocycles. The maximum absolute atomic E-state index is 14.0. The first-order chi connectivity index (χ1) is 10.5. The highest BCUT2D eigenvalue weighted by Gasteiger charge is 2.30. The van der Waals surface area contributed by atoms with Crippen molar-refractivity contribution in [1.29, 1.82) is 0 Å². The highest BCUT2D eigenvalue weighted by molar-refractivity contribution is 5.45. The fourth-order valence-electron chi connectivity index (χ4n) is 1.64. The van der Waals surface area contributed by atoms with E-state index in [0.29, 0.717) is 12.8 Å². The minimum Gasteiger partial charge on any atom is -0.348 e. The van der Waals surface area contributed by atoms with Crippen LogP contribution in [0.1, 0.15) is 38.5 Å². The molecule has 1 rings (SSSR count). The van der Waals surface area contributed by atoms with Gasteiger partial charge in [0.2, 0.25) is 0 Å². The van der Waals surface area contributed by atoms with E-state index in [4.69, 9.17) is 15.0 Å². The Morgan fingerprint density at radius 3 is 1.77 bits per heavy atom. The number of rotatable bonds is 8. The van der Waals surface area contributed by atoms with Crippen LogP contribution in [0.3, 0.4) is 0 Å². The molecule has 0 spiro atoms. The highest BCUT2D eigenvalue weighted by Crippen LogP contribution is 2.35. The molecule has 9 heteroatoms. The molecule has 0 saturated carbocycles. The van der Waals surface area contributed by atoms with E-state index in [-0.39, 0.29) is 13.2 Å². The monoisotopic (exact) mass is 321 g/mol. The van der Waals surface area contributed by atoms with Crippen LogP contribution >= 0.6 is 0 Å². The maximum Gasteiger partial charge on any atom is 0.189 e. The molecule has 0 unspecified atom stereocenters. The molecular weight excluding hydrogens is 306 g/mol. The molecule has 122 valence electrons. The van der Waals surface area contributed by atoms with Crippen LogP contribution in [0.25, 0.3) is 10.4 Å². The zero-order valence-electron chi connectivity index (χ0n) is 12.1. The number of ether oxygens (including phenoxy) is 2. The molecule has 0 saturated heterocycles. The van der Waals surface area contributed by atoms with Crippen LogP contribution in [0.4, 0.5) is 23.2 Å². The lowest BCUT2D eigenvalue weighted by Crippen LogP contribution is -2.16. The molecular formula is C13H15F4N3O2. The maximum atomic E-state index is 14.0. The average Bonchev–Trinajstić information content (AvgIpc) is 2.51. The van der Waals surface area contributed by atoms with Crippen molar-refractivity contribution in [2.24, 2.45) is 5.11 Å². The van der Waals surface area contributed by atoms with Gasteiger partial charge in [0, 0.05) is 18.1 Å². The van der Waals surface area contributed by atoms with Gasteiger partial charge in [-0.3, -0.25) is 0 Å². The molecule has 0 radical (unpaired) electrons. The van der Waals surface area contributed by atoms with Crippen LogP contribution in [-0.4, -0.2) is 13.2 Å². The van der Waals surface area contributed by atoms with E-state index in [2.05, 4.69) is 10.0 Å². The van der Waals surface area contributed by atoms with E-state index in [1.54, 1.807) is 13.8 Å². The molecule has 0 aromatic heterocycles. The number of halogens is 4. The Bertz CT molecular complexity index is 540. The van der Waals surface area contributed by atoms with Gasteiger partial charge < -0.3 is 9.47 Å². The molecule has 0 bridgehead atoms. The van der Waals surface area contributed by atoms with Crippen LogP contribution < -0.4 is 0 Å². The number of azide groups is 1. The van der Waals surface area contributed by atoms with Crippen molar-refractivity contribution in [2.75, 3.05) is 13.2 Å². The first-order valence-electron chi connectivity index (χ1n) is 6.63. The molecule has 0 N–H and O–H groups in total. The average molecular weight is 321 g/mol. The van der Waals surface area contributed by atoms with Gasteiger partial charge in [0.05, 0.1) is 5.56 Å². The Morgan fingerprint density at radius 2 is 1.41 bits per heavy atom. The molecule has 0 fully saturated rings. The van der Waals surface area contributed by atoms with Crippen LogP contribution in [0.5, 0.6) is 0 Å². The quantitative estimate of drug-likeness (QED) is 0.168. The third-order valence-electron chi connectivity index (χ3n) is 2.60. The summed E-state index contributed by atoms with van der Waals surface area (Å²) in [6.45, 7) is 3.65. The van der Waals surface area contributed by atoms with E-state index in [9.17, 15) is 17.6 Å². The summed E-state index contributed by atoms with van der Waals surface area (Å²) in [5.74, 6) is -7.01. The summed E-state index contributed by atoms with van der Waals surface area (Å²) in [6.07, 6.45) is -0.572. The van der Waals surface area contributed by atoms with Gasteiger partial charge >= 0.3 is 0 Å². The second kappa shape index (κ2) is 8.57. The van der Waals surface area contributed by atoms with Crippen LogP contribution in [0.15, 0.2) is 5.11 Å². The second-order valence-corrected chi connectivity index (χ2v) is 4.28. The molecule has 0 aliphatic heterocycles. The summed E-state index contributed by atoms with van der Waals surface area (Å²) in [6, 6.07) is 0. The first-order valence-corrected chi connectivity index (χ1v) is 6.63. The summed E-state index contributed by atoms with van der Waals surface area (Å²) < 4.78 is 65.7. The lowest BCUT2D eigenvalue weighted by Gasteiger charge is -2.20. The van der Waals surface area contributed by atoms with Crippen LogP contribution in [-0.2, 0) is 9.47 Å². The first kappa shape index (κ1) is 18.2. The minimum absolute atomic E-state index is 0.0780. The van der Waals surface area contributed by atoms with Gasteiger partial charge in [-0.2, -0.15) is 0 Å². The topological polar surface area (TPSA) is 67.2 Å². The van der Waals surface area contributed by atoms with E-state index < -0.39 is 40.8 Å². The van der Waals surface area contributed by atoms with Gasteiger partial charge in [-0.1, -0.05) is 19.0 Å². The number of benzene rings is 1. The molecule has 1 aromatic carbocycles. The number of nitrogens with zero attached hydrogens (tertiary/aromatic N) is 3. The number of hydrogen-bond donors (Lipinski definition) is 0. The largest absolute Gasteiger partial charge is 0.348 e. The Kier molecular flexibility index (Phi) is 7.10. The molecule has 5 nitrogen and oxygen atoms in total. The molecule has 0 aliphatic rings. The summed E-state index contributed by atoms with van der Waals surface area (Å²) in [7, 11) is 0. The molecule has 1 aromatic rings. The van der Waals surface area contributed by atoms with Gasteiger partial charge in [0.25, 0.3) is 0 Å². The minimum atomic E-state index is -1.79. The van der Waals surface area contributed by atoms with Crippen molar-refractivity contribution < 1.29 is 27.0 Å². The van der Waals surface area contributed by atoms with Crippen molar-refractivity contribution in [3.8, 4) is 0 Å². The van der Waals surface area contributed by atoms with E-state index in [1.807, 2.05) is 0 Å². The van der Waals surface area contributed by atoms with Crippen LogP contribution in [0, 0.1) is 23.3 Å². The van der Waals surface area contributed by atoms with Crippen molar-refractivity contribution >= 4 is 5.69 Å². The Morgan fingerprint density at radius 1 is 0.955 bits per heavy atom. The molecule has 0 heterocycles. The zero-order valence-corrected chi connectivity index (χ0v) is 12.1. The molecule has 0 atom stereocenters. The fraction of sp³-hybridized carbons (Fsp3) is 0.538. The van der Waals surface area contributed by atoms with Gasteiger partial charge in [0.15, 0.2) is 29.6 Å². The van der Waals surface area contributed by atoms with Crippen molar-refractivity contribution in [2.45, 2.75) is 33.0 Å². The fourth-order valence-corrected chi connectivity index (χ4v) is 1.64. The SMILES string of the molecule is CCCOC(OCCC)c1c(F)c(F)c(N=[N+]=[N-])c(F)c1F. The van der Waals surface area contributed by atoms with Gasteiger partial charge in [0.1, 0.15) is 5.69 Å². The standard InChI is InChI=1S/C13H15F4N3O2/c1-3-5-21-13(22-6-4-2)7-8(14)10(16)12(19-20-18)11(17)9(7)15/h13H,3-6H2,1-2H3. The Hall–Kier alpha value is -1.83. The third-order valence-corrected chi connectivity index (χ3v) is 2.60. The summed E-state index contributed by atoms with van der Waals surface area (Å²) in [5.41, 5.74) is 5.80. The predicted molar refractivity (Wildman–Crippen MR) is 70.3 cm³/mol. The normalized spacial score (nSPS) is 10.9. The summed E-state index contributed by atoms with van der Waals surface area (Å²) in [5, 5.41) is 2.62. The molecule has 22 heavy (non-hydrogen) atoms. The van der Waals surface area contributed by atoms with E-state index in [1.165, 1.54) is 0 Å². The predicted octanol–water partition coefficient (Wildman–Crippen LogP) is 5.04. The van der Waals surface area contributed by atoms with Crippen molar-refractivity contribution in [3.05, 3.63) is 39.3 Å². The zero-order chi connectivity index (χ0) is 16.7. The van der Waals surface area contributed by atoms with Gasteiger partial charge in [-0.05, 0) is 18.4 Å². The third kappa shape index (κ3) is 3.88. The van der Waals surface area contributed by atoms with E-state index in [0.717, 1.165) is 0 Å². The number of hydrogen-bond acceptors (Lipinski definition) is 3. The highest BCUT2D eigenvalue weighted by atomic mass is 19.2. The summed E-state index contributed by atoms with van der Waals surface area (Å²) in [4.78, 5) is 2.13. The summed E-state index contributed by atoms with van der Waals surface area (Å²) >= 11 is 0. The van der Waals surface area contributed by atoms with Crippen LogP contribution in [0.2, 0.25) is 0 Å². The van der Waals surface area contributed by atoms with Crippen molar-refractivity contribution in [3.63, 3.8) is 0 Å². The van der Waals surface area contributed by atoms with Gasteiger partial charge in [-0.25, -0.2) is 17.6 Å². The smallest absolute Gasteiger partial charge is 0.189 e. The van der Waals surface area contributed by atoms with E-state index >= 15 is 0 Å². The lowest BCUT2D eigenvalue weighted by atomic mass is 10.1. The van der Waals surface area contributed by atoms with Gasteiger partial charge in [-0.15, -0.1) is 0 Å². The Balaban J connectivity index is 3.39. The lowest BCUT2D eigenvalue weighted by molar-refractivity contribution is -0.150. The van der Waals surface area contributed by atoms with Crippen molar-refractivity contribution in [1.82, 2.24) is 0 Å². The second-order valence-electron chi connectivity index (χ2n) is 4.28.